The molecular formula is C20H24N2O4. The molecule has 0 spiro atoms. The Balaban J connectivity index is 1.78. The highest BCUT2D eigenvalue weighted by Gasteiger charge is 2.24. The molecule has 2 amide bonds. The summed E-state index contributed by atoms with van der Waals surface area (Å²) in [5.74, 6) is -0.316. The minimum atomic E-state index is -0.810. The average molecular weight is 356 g/mol. The van der Waals surface area contributed by atoms with Crippen LogP contribution in [0.15, 0.2) is 60.7 Å². The Morgan fingerprint density at radius 1 is 1.08 bits per heavy atom. The summed E-state index contributed by atoms with van der Waals surface area (Å²) in [6, 6.07) is 18.0. The third-order valence-electron chi connectivity index (χ3n) is 4.20. The molecule has 0 saturated carbocycles. The van der Waals surface area contributed by atoms with Crippen molar-refractivity contribution in [2.45, 2.75) is 25.7 Å². The number of likely N-dealkylation sites (N-methyl/N-ethyl adjacent to an activating group) is 1. The van der Waals surface area contributed by atoms with Gasteiger partial charge in [-0.1, -0.05) is 60.7 Å². The quantitative estimate of drug-likeness (QED) is 0.799. The van der Waals surface area contributed by atoms with E-state index in [4.69, 9.17) is 4.74 Å². The maximum absolute atomic E-state index is 12.2. The van der Waals surface area contributed by atoms with Crippen LogP contribution in [0.5, 0.6) is 0 Å². The fourth-order valence-corrected chi connectivity index (χ4v) is 2.41. The van der Waals surface area contributed by atoms with Crippen LogP contribution in [0.2, 0.25) is 0 Å². The van der Waals surface area contributed by atoms with Crippen molar-refractivity contribution in [3.8, 4) is 0 Å². The summed E-state index contributed by atoms with van der Waals surface area (Å²) in [5.41, 5.74) is 1.60. The molecule has 2 aromatic carbocycles. The maximum atomic E-state index is 12.2. The van der Waals surface area contributed by atoms with Gasteiger partial charge in [0.2, 0.25) is 5.91 Å². The number of carbonyl (C=O) groups excluding carboxylic acids is 2. The second-order valence-corrected chi connectivity index (χ2v) is 6.02. The van der Waals surface area contributed by atoms with Crippen molar-refractivity contribution in [2.75, 3.05) is 13.6 Å². The van der Waals surface area contributed by atoms with Crippen LogP contribution >= 0.6 is 0 Å². The number of ether oxygens (including phenoxy) is 1. The summed E-state index contributed by atoms with van der Waals surface area (Å²) in [6.07, 6.45) is -1.47. The van der Waals surface area contributed by atoms with Gasteiger partial charge in [0, 0.05) is 7.05 Å². The highest BCUT2D eigenvalue weighted by Crippen LogP contribution is 2.19. The number of carbonyl (C=O) groups is 2. The largest absolute Gasteiger partial charge is 0.445 e. The van der Waals surface area contributed by atoms with Gasteiger partial charge >= 0.3 is 6.09 Å². The predicted molar refractivity (Wildman–Crippen MR) is 98.3 cm³/mol. The molecule has 0 aliphatic heterocycles. The number of benzene rings is 2. The summed E-state index contributed by atoms with van der Waals surface area (Å²) in [7, 11) is 1.59. The van der Waals surface area contributed by atoms with Crippen LogP contribution in [-0.4, -0.2) is 41.6 Å². The first-order valence-electron chi connectivity index (χ1n) is 8.42. The van der Waals surface area contributed by atoms with E-state index in [1.807, 2.05) is 48.5 Å². The van der Waals surface area contributed by atoms with Crippen molar-refractivity contribution in [3.05, 3.63) is 71.8 Å². The number of amides is 2. The molecule has 0 fully saturated rings. The number of hydrogen-bond acceptors (Lipinski definition) is 4. The zero-order valence-corrected chi connectivity index (χ0v) is 15.0. The Morgan fingerprint density at radius 2 is 1.65 bits per heavy atom. The van der Waals surface area contributed by atoms with Crippen molar-refractivity contribution < 1.29 is 19.4 Å². The Bertz CT molecular complexity index is 706. The van der Waals surface area contributed by atoms with E-state index in [2.05, 4.69) is 5.32 Å². The molecule has 2 aromatic rings. The van der Waals surface area contributed by atoms with Crippen molar-refractivity contribution in [1.82, 2.24) is 10.2 Å². The molecule has 2 rings (SSSR count). The first-order valence-corrected chi connectivity index (χ1v) is 8.42. The van der Waals surface area contributed by atoms with E-state index in [0.29, 0.717) is 0 Å². The topological polar surface area (TPSA) is 78.9 Å². The monoisotopic (exact) mass is 356 g/mol. The number of alkyl carbamates (subject to hydrolysis) is 1. The zero-order chi connectivity index (χ0) is 18.9. The highest BCUT2D eigenvalue weighted by molar-refractivity contribution is 5.82. The molecule has 0 radical (unpaired) electrons. The lowest BCUT2D eigenvalue weighted by Gasteiger charge is -2.29. The van der Waals surface area contributed by atoms with Crippen molar-refractivity contribution in [2.24, 2.45) is 0 Å². The Morgan fingerprint density at radius 3 is 2.27 bits per heavy atom. The summed E-state index contributed by atoms with van der Waals surface area (Å²) in [6.45, 7) is 1.69. The SMILES string of the molecule is CC(C(O)c1ccccc1)N(C)C(=O)CNC(=O)OCc1ccccc1. The first kappa shape index (κ1) is 19.5. The van der Waals surface area contributed by atoms with Crippen molar-refractivity contribution in [3.63, 3.8) is 0 Å². The molecule has 26 heavy (non-hydrogen) atoms. The van der Waals surface area contributed by atoms with Crippen LogP contribution in [0.4, 0.5) is 4.79 Å². The van der Waals surface area contributed by atoms with E-state index < -0.39 is 18.2 Å². The van der Waals surface area contributed by atoms with Gasteiger partial charge in [-0.2, -0.15) is 0 Å². The molecule has 2 N–H and O–H groups in total. The normalized spacial score (nSPS) is 12.7. The molecular weight excluding hydrogens is 332 g/mol. The van der Waals surface area contributed by atoms with Gasteiger partial charge in [-0.05, 0) is 18.1 Å². The lowest BCUT2D eigenvalue weighted by atomic mass is 10.0. The number of hydrogen-bond donors (Lipinski definition) is 2. The van der Waals surface area contributed by atoms with Gasteiger partial charge in [-0.15, -0.1) is 0 Å². The van der Waals surface area contributed by atoms with Gasteiger partial charge < -0.3 is 20.1 Å². The smallest absolute Gasteiger partial charge is 0.407 e. The summed E-state index contributed by atoms with van der Waals surface area (Å²) >= 11 is 0. The van der Waals surface area contributed by atoms with Crippen LogP contribution in [0.3, 0.4) is 0 Å². The van der Waals surface area contributed by atoms with E-state index in [0.717, 1.165) is 11.1 Å². The molecule has 0 aliphatic carbocycles. The van der Waals surface area contributed by atoms with E-state index >= 15 is 0 Å². The standard InChI is InChI=1S/C20H24N2O4/c1-15(19(24)17-11-7-4-8-12-17)22(2)18(23)13-21-20(25)26-14-16-9-5-3-6-10-16/h3-12,15,19,24H,13-14H2,1-2H3,(H,21,25). The van der Waals surface area contributed by atoms with Crippen LogP contribution in [-0.2, 0) is 16.1 Å². The fraction of sp³-hybridized carbons (Fsp3) is 0.300. The van der Waals surface area contributed by atoms with E-state index in [9.17, 15) is 14.7 Å². The summed E-state index contributed by atoms with van der Waals surface area (Å²) < 4.78 is 5.07. The minimum Gasteiger partial charge on any atom is -0.445 e. The lowest BCUT2D eigenvalue weighted by Crippen LogP contribution is -2.44. The molecule has 2 unspecified atom stereocenters. The highest BCUT2D eigenvalue weighted by atomic mass is 16.5. The molecule has 138 valence electrons. The number of nitrogens with zero attached hydrogens (tertiary/aromatic N) is 1. The third-order valence-corrected chi connectivity index (χ3v) is 4.20. The molecule has 0 heterocycles. The average Bonchev–Trinajstić information content (AvgIpc) is 2.70. The summed E-state index contributed by atoms with van der Waals surface area (Å²) in [4.78, 5) is 25.4. The minimum absolute atomic E-state index is 0.139. The predicted octanol–water partition coefficient (Wildman–Crippen LogP) is 2.49. The van der Waals surface area contributed by atoms with Gasteiger partial charge in [-0.25, -0.2) is 4.79 Å². The fourth-order valence-electron chi connectivity index (χ4n) is 2.41. The van der Waals surface area contributed by atoms with Gasteiger partial charge in [0.1, 0.15) is 13.2 Å². The number of aliphatic hydroxyl groups excluding tert-OH is 1. The number of nitrogens with one attached hydrogen (secondary N) is 1. The molecule has 0 saturated heterocycles. The van der Waals surface area contributed by atoms with Crippen LogP contribution in [0.25, 0.3) is 0 Å². The van der Waals surface area contributed by atoms with Crippen LogP contribution < -0.4 is 5.32 Å². The Hall–Kier alpha value is -2.86. The number of rotatable bonds is 7. The Kier molecular flexibility index (Phi) is 7.17. The summed E-state index contributed by atoms with van der Waals surface area (Å²) in [5, 5.41) is 12.8. The van der Waals surface area contributed by atoms with Crippen LogP contribution in [0.1, 0.15) is 24.2 Å². The maximum Gasteiger partial charge on any atom is 0.407 e. The zero-order valence-electron chi connectivity index (χ0n) is 15.0. The third kappa shape index (κ3) is 5.60. The first-order chi connectivity index (χ1) is 12.5. The van der Waals surface area contributed by atoms with Crippen molar-refractivity contribution >= 4 is 12.0 Å². The molecule has 2 atom stereocenters. The molecule has 6 heteroatoms. The van der Waals surface area contributed by atoms with Gasteiger partial charge in [0.25, 0.3) is 0 Å². The van der Waals surface area contributed by atoms with Crippen molar-refractivity contribution in [1.29, 1.82) is 0 Å². The van der Waals surface area contributed by atoms with Crippen LogP contribution in [0, 0.1) is 0 Å². The number of aliphatic hydroxyl groups is 1. The van der Waals surface area contributed by atoms with E-state index in [1.165, 1.54) is 4.90 Å². The van der Waals surface area contributed by atoms with Gasteiger partial charge in [0.05, 0.1) is 12.1 Å². The lowest BCUT2D eigenvalue weighted by molar-refractivity contribution is -0.132. The molecule has 0 aliphatic rings. The van der Waals surface area contributed by atoms with Gasteiger partial charge in [0.15, 0.2) is 0 Å². The Labute approximate surface area is 153 Å². The van der Waals surface area contributed by atoms with Gasteiger partial charge in [-0.3, -0.25) is 4.79 Å². The van der Waals surface area contributed by atoms with E-state index in [-0.39, 0.29) is 19.1 Å². The van der Waals surface area contributed by atoms with E-state index in [1.54, 1.807) is 26.1 Å². The second-order valence-electron chi connectivity index (χ2n) is 6.02. The molecule has 0 bridgehead atoms. The molecule has 0 aromatic heterocycles. The molecule has 6 nitrogen and oxygen atoms in total. The second kappa shape index (κ2) is 9.58.